The third-order valence-corrected chi connectivity index (χ3v) is 16.1. The second-order valence-electron chi connectivity index (χ2n) is 19.1. The highest BCUT2D eigenvalue weighted by atomic mass is 16.6. The Bertz CT molecular complexity index is 1770. The number of amides is 1. The molecule has 6 nitrogen and oxygen atoms in total. The van der Waals surface area contributed by atoms with Crippen molar-refractivity contribution < 1.29 is 24.5 Å². The van der Waals surface area contributed by atoms with E-state index >= 15 is 0 Å². The first-order chi connectivity index (χ1) is 25.3. The van der Waals surface area contributed by atoms with Crippen LogP contribution in [-0.4, -0.2) is 51.3 Å². The molecule has 2 aromatic carbocycles. The minimum Gasteiger partial charge on any atom is -0.446 e. The van der Waals surface area contributed by atoms with Crippen LogP contribution >= 0.6 is 0 Å². The normalized spacial score (nSPS) is 41.2. The number of aliphatic hydroxyl groups excluding tert-OH is 1. The summed E-state index contributed by atoms with van der Waals surface area (Å²) >= 11 is 0. The van der Waals surface area contributed by atoms with Crippen LogP contribution in [0.1, 0.15) is 115 Å². The topological polar surface area (TPSA) is 87.1 Å². The van der Waals surface area contributed by atoms with E-state index in [0.29, 0.717) is 42.7 Å². The third-order valence-electron chi connectivity index (χ3n) is 16.1. The Labute approximate surface area is 317 Å². The standard InChI is InChI=1S/C47H61NO5/c1-31(2)36-17-16-32(3)26-38(36)53-42(51)48(29-33-12-8-6-9-13-33)30-46(52)23-20-40-44(46,5)22-19-39-43(4)21-18-35(49)27-45(43)24-25-47(39,40)37(28-45)41(50)34-14-10-7-11-15-34/h6-15,24-25,28,31-32,35-36,38-40,49,52H,16-23,26-27,29-30H2,1-5H3/t32-,35?,36+,38-,39+,40+,43+,44-,45-,46+,47+/m0/s1. The number of carbonyl (C=O) groups excluding carboxylic acids is 2. The predicted molar refractivity (Wildman–Crippen MR) is 208 cm³/mol. The number of fused-ring (bicyclic) bond motifs is 1. The maximum absolute atomic E-state index is 14.8. The molecule has 4 saturated carbocycles. The van der Waals surface area contributed by atoms with Gasteiger partial charge >= 0.3 is 6.09 Å². The zero-order valence-corrected chi connectivity index (χ0v) is 32.6. The molecule has 7 aliphatic rings. The summed E-state index contributed by atoms with van der Waals surface area (Å²) in [6.45, 7) is 11.9. The zero-order chi connectivity index (χ0) is 37.4. The predicted octanol–water partition coefficient (Wildman–Crippen LogP) is 9.56. The Morgan fingerprint density at radius 3 is 2.25 bits per heavy atom. The second-order valence-corrected chi connectivity index (χ2v) is 19.1. The van der Waals surface area contributed by atoms with Crippen molar-refractivity contribution in [2.75, 3.05) is 6.54 Å². The van der Waals surface area contributed by atoms with Gasteiger partial charge in [-0.3, -0.25) is 4.79 Å². The highest BCUT2D eigenvalue weighted by Crippen LogP contribution is 2.78. The molecule has 53 heavy (non-hydrogen) atoms. The summed E-state index contributed by atoms with van der Waals surface area (Å²) in [6.07, 6.45) is 14.6. The van der Waals surface area contributed by atoms with E-state index in [1.807, 2.05) is 60.7 Å². The number of hydrogen-bond donors (Lipinski definition) is 2. The molecule has 0 aromatic heterocycles. The first-order valence-electron chi connectivity index (χ1n) is 20.7. The van der Waals surface area contributed by atoms with Crippen LogP contribution in [0.4, 0.5) is 4.79 Å². The number of hydrogen-bond acceptors (Lipinski definition) is 5. The Morgan fingerprint density at radius 1 is 0.868 bits per heavy atom. The summed E-state index contributed by atoms with van der Waals surface area (Å²) in [7, 11) is 0. The summed E-state index contributed by atoms with van der Waals surface area (Å²) < 4.78 is 6.50. The van der Waals surface area contributed by atoms with Crippen molar-refractivity contribution in [1.82, 2.24) is 4.90 Å². The van der Waals surface area contributed by atoms with Crippen LogP contribution in [0.15, 0.2) is 84.5 Å². The molecule has 2 aromatic rings. The lowest BCUT2D eigenvalue weighted by atomic mass is 9.32. The summed E-state index contributed by atoms with van der Waals surface area (Å²) in [5.41, 5.74) is -0.190. The highest BCUT2D eigenvalue weighted by molar-refractivity contribution is 6.10. The van der Waals surface area contributed by atoms with Crippen LogP contribution in [-0.2, 0) is 11.3 Å². The maximum atomic E-state index is 14.8. The summed E-state index contributed by atoms with van der Waals surface area (Å²) in [4.78, 5) is 31.1. The largest absolute Gasteiger partial charge is 0.446 e. The van der Waals surface area contributed by atoms with Gasteiger partial charge in [0, 0.05) is 33.9 Å². The Balaban J connectivity index is 1.16. The van der Waals surface area contributed by atoms with Gasteiger partial charge in [0.2, 0.25) is 0 Å². The number of rotatable bonds is 8. The van der Waals surface area contributed by atoms with Crippen molar-refractivity contribution in [2.24, 2.45) is 51.2 Å². The molecule has 0 saturated heterocycles. The first kappa shape index (κ1) is 36.7. The molecule has 9 rings (SSSR count). The van der Waals surface area contributed by atoms with Gasteiger partial charge in [-0.1, -0.05) is 120 Å². The number of carbonyl (C=O) groups is 2. The molecule has 11 atom stereocenters. The molecule has 0 radical (unpaired) electrons. The molecular formula is C47H61NO5. The van der Waals surface area contributed by atoms with E-state index in [0.717, 1.165) is 62.5 Å². The molecule has 4 fully saturated rings. The van der Waals surface area contributed by atoms with Crippen molar-refractivity contribution in [3.63, 3.8) is 0 Å². The Hall–Kier alpha value is -3.22. The number of allylic oxidation sites excluding steroid dienone is 4. The first-order valence-corrected chi connectivity index (χ1v) is 20.7. The van der Waals surface area contributed by atoms with Crippen molar-refractivity contribution in [3.05, 3.63) is 95.6 Å². The number of ketones is 1. The van der Waals surface area contributed by atoms with Gasteiger partial charge in [-0.2, -0.15) is 0 Å². The third kappa shape index (κ3) is 5.62. The van der Waals surface area contributed by atoms with Crippen LogP contribution in [0.2, 0.25) is 0 Å². The quantitative estimate of drug-likeness (QED) is 0.210. The van der Waals surface area contributed by atoms with Gasteiger partial charge in [0.15, 0.2) is 5.78 Å². The van der Waals surface area contributed by atoms with E-state index in [2.05, 4.69) is 52.8 Å². The maximum Gasteiger partial charge on any atom is 0.410 e. The van der Waals surface area contributed by atoms with Crippen LogP contribution in [0.25, 0.3) is 0 Å². The number of aliphatic hydroxyl groups is 2. The average molecular weight is 720 g/mol. The zero-order valence-electron chi connectivity index (χ0n) is 32.6. The van der Waals surface area contributed by atoms with E-state index < -0.39 is 22.5 Å². The summed E-state index contributed by atoms with van der Waals surface area (Å²) in [5.74, 6) is 1.54. The Morgan fingerprint density at radius 2 is 1.53 bits per heavy atom. The number of ether oxygens (including phenoxy) is 1. The van der Waals surface area contributed by atoms with Gasteiger partial charge in [0.25, 0.3) is 0 Å². The minimum absolute atomic E-state index is 0.00926. The Kier molecular flexibility index (Phi) is 9.16. The lowest BCUT2D eigenvalue weighted by Gasteiger charge is -2.71. The molecule has 0 heterocycles. The molecule has 0 aliphatic heterocycles. The van der Waals surface area contributed by atoms with Crippen molar-refractivity contribution in [3.8, 4) is 0 Å². The van der Waals surface area contributed by atoms with Gasteiger partial charge < -0.3 is 19.8 Å². The number of benzene rings is 2. The van der Waals surface area contributed by atoms with Gasteiger partial charge in [0.05, 0.1) is 18.2 Å². The molecule has 1 amide bonds. The van der Waals surface area contributed by atoms with E-state index in [9.17, 15) is 19.8 Å². The van der Waals surface area contributed by atoms with Gasteiger partial charge in [-0.05, 0) is 98.4 Å². The summed E-state index contributed by atoms with van der Waals surface area (Å²) in [5, 5.41) is 24.2. The lowest BCUT2D eigenvalue weighted by molar-refractivity contribution is -0.175. The second kappa shape index (κ2) is 13.2. The number of nitrogens with zero attached hydrogens (tertiary/aromatic N) is 1. The van der Waals surface area contributed by atoms with Crippen molar-refractivity contribution in [1.29, 1.82) is 0 Å². The average Bonchev–Trinajstić information content (AvgIpc) is 3.41. The van der Waals surface area contributed by atoms with Gasteiger partial charge in [-0.25, -0.2) is 4.79 Å². The van der Waals surface area contributed by atoms with Crippen LogP contribution < -0.4 is 0 Å². The number of Topliss-reactive ketones (excluding diaryl/α,β-unsaturated/α-hetero) is 1. The molecule has 284 valence electrons. The molecule has 6 heteroatoms. The fourth-order valence-electron chi connectivity index (χ4n) is 13.1. The molecule has 2 spiro atoms. The minimum atomic E-state index is -1.17. The van der Waals surface area contributed by atoms with E-state index in [1.165, 1.54) is 0 Å². The summed E-state index contributed by atoms with van der Waals surface area (Å²) in [6, 6.07) is 19.7. The van der Waals surface area contributed by atoms with Crippen molar-refractivity contribution in [2.45, 2.75) is 123 Å². The monoisotopic (exact) mass is 719 g/mol. The smallest absolute Gasteiger partial charge is 0.410 e. The van der Waals surface area contributed by atoms with Gasteiger partial charge in [0.1, 0.15) is 6.10 Å². The fourth-order valence-corrected chi connectivity index (χ4v) is 13.1. The van der Waals surface area contributed by atoms with Gasteiger partial charge in [-0.15, -0.1) is 0 Å². The molecule has 2 bridgehead atoms. The van der Waals surface area contributed by atoms with E-state index in [4.69, 9.17) is 4.74 Å². The van der Waals surface area contributed by atoms with E-state index in [-0.39, 0.29) is 47.2 Å². The fraction of sp³-hybridized carbons (Fsp3) is 0.617. The molecule has 7 aliphatic carbocycles. The lowest BCUT2D eigenvalue weighted by Crippen LogP contribution is -2.67. The van der Waals surface area contributed by atoms with Crippen LogP contribution in [0.5, 0.6) is 0 Å². The van der Waals surface area contributed by atoms with Crippen molar-refractivity contribution >= 4 is 11.9 Å². The molecular weight excluding hydrogens is 659 g/mol. The molecule has 1 unspecified atom stereocenters. The van der Waals surface area contributed by atoms with Crippen LogP contribution in [0.3, 0.4) is 0 Å². The van der Waals surface area contributed by atoms with Crippen LogP contribution in [0, 0.1) is 51.2 Å². The SMILES string of the molecule is CC(C)[C@H]1CC[C@H](C)C[C@@H]1OC(=O)N(Cc1ccccc1)C[C@]1(O)CC[C@H]2[C@]34C=C[C@@]5(C=C3C(=O)c3ccccc3)CC(O)CC[C@]5(C)[C@H]4CC[C@@]21C. The van der Waals surface area contributed by atoms with E-state index in [1.54, 1.807) is 4.90 Å². The molecule has 2 N–H and O–H groups in total. The highest BCUT2D eigenvalue weighted by Gasteiger charge is 2.74.